The van der Waals surface area contributed by atoms with Crippen molar-refractivity contribution in [3.8, 4) is 0 Å². The highest BCUT2D eigenvalue weighted by atomic mass is 16.4. The van der Waals surface area contributed by atoms with Crippen LogP contribution in [0, 0.1) is 5.41 Å². The molecule has 16 heavy (non-hydrogen) atoms. The zero-order chi connectivity index (χ0) is 12.6. The molecule has 0 bridgehead atoms. The van der Waals surface area contributed by atoms with Gasteiger partial charge in [0.2, 0.25) is 0 Å². The van der Waals surface area contributed by atoms with Crippen molar-refractivity contribution in [2.45, 2.75) is 46.1 Å². The van der Waals surface area contributed by atoms with E-state index in [0.29, 0.717) is 12.6 Å². The summed E-state index contributed by atoms with van der Waals surface area (Å²) < 4.78 is 0. The van der Waals surface area contributed by atoms with E-state index < -0.39 is 5.97 Å². The van der Waals surface area contributed by atoms with Crippen LogP contribution in [0.3, 0.4) is 0 Å². The van der Waals surface area contributed by atoms with Crippen LogP contribution in [0.4, 0.5) is 0 Å². The molecule has 0 radical (unpaired) electrons. The Bertz CT molecular complexity index is 205. The average Bonchev–Trinajstić information content (AvgIpc) is 2.22. The molecule has 0 heterocycles. The first-order chi connectivity index (χ1) is 7.44. The topological polar surface area (TPSA) is 61.4 Å². The van der Waals surface area contributed by atoms with E-state index in [1.807, 2.05) is 7.05 Å². The van der Waals surface area contributed by atoms with E-state index in [0.717, 1.165) is 19.4 Å². The Labute approximate surface area is 98.8 Å². The van der Waals surface area contributed by atoms with E-state index in [4.69, 9.17) is 5.11 Å². The van der Waals surface area contributed by atoms with Gasteiger partial charge in [0.05, 0.1) is 6.42 Å². The van der Waals surface area contributed by atoms with Crippen molar-refractivity contribution in [1.82, 2.24) is 10.6 Å². The molecule has 0 saturated carbocycles. The largest absolute Gasteiger partial charge is 0.481 e. The lowest BCUT2D eigenvalue weighted by atomic mass is 9.80. The summed E-state index contributed by atoms with van der Waals surface area (Å²) in [6, 6.07) is 0.467. The lowest BCUT2D eigenvalue weighted by Crippen LogP contribution is -2.41. The molecule has 0 saturated heterocycles. The van der Waals surface area contributed by atoms with Crippen molar-refractivity contribution >= 4 is 5.97 Å². The van der Waals surface area contributed by atoms with Gasteiger partial charge in [0.15, 0.2) is 0 Å². The summed E-state index contributed by atoms with van der Waals surface area (Å²) in [6.07, 6.45) is 2.35. The molecule has 1 unspecified atom stereocenters. The smallest absolute Gasteiger partial charge is 0.304 e. The SMILES string of the molecule is CCC(C)(C)C(CCNCCC(=O)O)NC. The van der Waals surface area contributed by atoms with Crippen molar-refractivity contribution < 1.29 is 9.90 Å². The maximum Gasteiger partial charge on any atom is 0.304 e. The van der Waals surface area contributed by atoms with Crippen LogP contribution in [0.15, 0.2) is 0 Å². The third-order valence-corrected chi connectivity index (χ3v) is 3.33. The molecule has 0 spiro atoms. The number of carbonyl (C=O) groups is 1. The van der Waals surface area contributed by atoms with Gasteiger partial charge < -0.3 is 15.7 Å². The van der Waals surface area contributed by atoms with Crippen LogP contribution in [0.5, 0.6) is 0 Å². The zero-order valence-electron chi connectivity index (χ0n) is 11.0. The van der Waals surface area contributed by atoms with Gasteiger partial charge in [-0.15, -0.1) is 0 Å². The number of aliphatic carboxylic acids is 1. The van der Waals surface area contributed by atoms with Crippen LogP contribution < -0.4 is 10.6 Å². The first-order valence-electron chi connectivity index (χ1n) is 6.03. The number of carboxylic acid groups (broad SMARTS) is 1. The van der Waals surface area contributed by atoms with Crippen LogP contribution in [-0.2, 0) is 4.79 Å². The average molecular weight is 230 g/mol. The monoisotopic (exact) mass is 230 g/mol. The highest BCUT2D eigenvalue weighted by Gasteiger charge is 2.25. The molecule has 0 aliphatic carbocycles. The minimum atomic E-state index is -0.744. The van der Waals surface area contributed by atoms with Gasteiger partial charge in [-0.1, -0.05) is 20.8 Å². The molecular formula is C12H26N2O2. The Balaban J connectivity index is 3.76. The van der Waals surface area contributed by atoms with Gasteiger partial charge in [-0.25, -0.2) is 0 Å². The van der Waals surface area contributed by atoms with Gasteiger partial charge >= 0.3 is 5.97 Å². The summed E-state index contributed by atoms with van der Waals surface area (Å²) in [4.78, 5) is 10.3. The standard InChI is InChI=1S/C12H26N2O2/c1-5-12(2,3)10(13-4)6-8-14-9-7-11(15)16/h10,13-14H,5-9H2,1-4H3,(H,15,16). The molecule has 0 rings (SSSR count). The fraction of sp³-hybridized carbons (Fsp3) is 0.917. The Morgan fingerprint density at radius 3 is 2.44 bits per heavy atom. The lowest BCUT2D eigenvalue weighted by molar-refractivity contribution is -0.136. The normalized spacial score (nSPS) is 13.8. The molecule has 0 fully saturated rings. The van der Waals surface area contributed by atoms with E-state index in [2.05, 4.69) is 31.4 Å². The van der Waals surface area contributed by atoms with Crippen LogP contribution in [0.2, 0.25) is 0 Å². The molecule has 96 valence electrons. The fourth-order valence-corrected chi connectivity index (χ4v) is 1.74. The first kappa shape index (κ1) is 15.4. The first-order valence-corrected chi connectivity index (χ1v) is 6.03. The Morgan fingerprint density at radius 1 is 1.38 bits per heavy atom. The third kappa shape index (κ3) is 6.08. The lowest BCUT2D eigenvalue weighted by Gasteiger charge is -2.33. The predicted octanol–water partition coefficient (Wildman–Crippen LogP) is 1.47. The molecule has 0 aromatic heterocycles. The van der Waals surface area contributed by atoms with Crippen LogP contribution in [-0.4, -0.2) is 37.3 Å². The molecule has 0 aromatic rings. The maximum absolute atomic E-state index is 10.3. The van der Waals surface area contributed by atoms with E-state index >= 15 is 0 Å². The van der Waals surface area contributed by atoms with Crippen LogP contribution >= 0.6 is 0 Å². The fourth-order valence-electron chi connectivity index (χ4n) is 1.74. The van der Waals surface area contributed by atoms with Crippen molar-refractivity contribution in [2.24, 2.45) is 5.41 Å². The van der Waals surface area contributed by atoms with Crippen LogP contribution in [0.25, 0.3) is 0 Å². The van der Waals surface area contributed by atoms with Gasteiger partial charge in [-0.05, 0) is 31.8 Å². The van der Waals surface area contributed by atoms with E-state index in [-0.39, 0.29) is 11.8 Å². The molecule has 0 aromatic carbocycles. The third-order valence-electron chi connectivity index (χ3n) is 3.33. The zero-order valence-corrected chi connectivity index (χ0v) is 11.0. The predicted molar refractivity (Wildman–Crippen MR) is 66.7 cm³/mol. The van der Waals surface area contributed by atoms with Crippen LogP contribution in [0.1, 0.15) is 40.0 Å². The number of nitrogens with one attached hydrogen (secondary N) is 2. The molecule has 0 amide bonds. The van der Waals surface area contributed by atoms with Crippen molar-refractivity contribution in [1.29, 1.82) is 0 Å². The summed E-state index contributed by atoms with van der Waals surface area (Å²) in [7, 11) is 1.99. The Kier molecular flexibility index (Phi) is 7.34. The second-order valence-corrected chi connectivity index (χ2v) is 4.87. The molecule has 4 nitrogen and oxygen atoms in total. The number of rotatable bonds is 9. The van der Waals surface area contributed by atoms with Crippen molar-refractivity contribution in [3.05, 3.63) is 0 Å². The van der Waals surface area contributed by atoms with E-state index in [1.165, 1.54) is 0 Å². The quantitative estimate of drug-likeness (QED) is 0.525. The molecule has 0 aliphatic rings. The number of hydrogen-bond donors (Lipinski definition) is 3. The van der Waals surface area contributed by atoms with Gasteiger partial charge in [0, 0.05) is 12.6 Å². The highest BCUT2D eigenvalue weighted by Crippen LogP contribution is 2.26. The summed E-state index contributed by atoms with van der Waals surface area (Å²) in [6.45, 7) is 8.12. The molecule has 1 atom stereocenters. The molecule has 3 N–H and O–H groups in total. The second-order valence-electron chi connectivity index (χ2n) is 4.87. The Morgan fingerprint density at radius 2 is 2.00 bits per heavy atom. The number of hydrogen-bond acceptors (Lipinski definition) is 3. The van der Waals surface area contributed by atoms with E-state index in [1.54, 1.807) is 0 Å². The molecule has 0 aliphatic heterocycles. The van der Waals surface area contributed by atoms with Crippen molar-refractivity contribution in [2.75, 3.05) is 20.1 Å². The number of carboxylic acids is 1. The maximum atomic E-state index is 10.3. The van der Waals surface area contributed by atoms with E-state index in [9.17, 15) is 4.79 Å². The van der Waals surface area contributed by atoms with Gasteiger partial charge in [0.25, 0.3) is 0 Å². The van der Waals surface area contributed by atoms with Crippen molar-refractivity contribution in [3.63, 3.8) is 0 Å². The highest BCUT2D eigenvalue weighted by molar-refractivity contribution is 5.66. The summed E-state index contributed by atoms with van der Waals surface area (Å²) in [5.41, 5.74) is 0.281. The van der Waals surface area contributed by atoms with Gasteiger partial charge in [0.1, 0.15) is 0 Å². The summed E-state index contributed by atoms with van der Waals surface area (Å²) in [5.74, 6) is -0.744. The summed E-state index contributed by atoms with van der Waals surface area (Å²) >= 11 is 0. The van der Waals surface area contributed by atoms with Gasteiger partial charge in [-0.3, -0.25) is 4.79 Å². The molecule has 4 heteroatoms. The molecular weight excluding hydrogens is 204 g/mol. The Hall–Kier alpha value is -0.610. The minimum absolute atomic E-state index is 0.196. The minimum Gasteiger partial charge on any atom is -0.481 e. The second kappa shape index (κ2) is 7.63. The van der Waals surface area contributed by atoms with Gasteiger partial charge in [-0.2, -0.15) is 0 Å². The summed E-state index contributed by atoms with van der Waals surface area (Å²) in [5, 5.41) is 15.0.